The predicted molar refractivity (Wildman–Crippen MR) is 109 cm³/mol. The highest BCUT2D eigenvalue weighted by atomic mass is 35.5. The average molecular weight is 400 g/mol. The van der Waals surface area contributed by atoms with E-state index in [4.69, 9.17) is 19.7 Å². The highest BCUT2D eigenvalue weighted by Crippen LogP contribution is 2.25. The molecule has 0 spiro atoms. The molecule has 4 N–H and O–H groups in total. The molecule has 6 nitrogen and oxygen atoms in total. The van der Waals surface area contributed by atoms with Crippen molar-refractivity contribution in [2.75, 3.05) is 27.4 Å². The first-order valence-electron chi connectivity index (χ1n) is 8.48. The largest absolute Gasteiger partial charge is 0.493 e. The van der Waals surface area contributed by atoms with Gasteiger partial charge in [-0.25, -0.2) is 0 Å². The van der Waals surface area contributed by atoms with Gasteiger partial charge < -0.3 is 30.1 Å². The van der Waals surface area contributed by atoms with E-state index < -0.39 is 12.2 Å². The topological polar surface area (TPSA) is 91.2 Å². The molecule has 0 saturated carbocycles. The van der Waals surface area contributed by atoms with Gasteiger partial charge in [0.25, 0.3) is 0 Å². The van der Waals surface area contributed by atoms with Crippen molar-refractivity contribution >= 4 is 12.4 Å². The van der Waals surface area contributed by atoms with Crippen LogP contribution in [0.25, 0.3) is 0 Å². The molecule has 2 aromatic carbocycles. The van der Waals surface area contributed by atoms with Crippen molar-refractivity contribution in [1.29, 1.82) is 0 Å². The zero-order chi connectivity index (χ0) is 19.4. The lowest BCUT2D eigenvalue weighted by Crippen LogP contribution is -2.28. The Morgan fingerprint density at radius 3 is 2.04 bits per heavy atom. The molecule has 0 bridgehead atoms. The van der Waals surface area contributed by atoms with Crippen LogP contribution in [0.5, 0.6) is 11.5 Å². The Kier molecular flexibility index (Phi) is 13.3. The normalized spacial score (nSPS) is 13.3. The lowest BCUT2D eigenvalue weighted by atomic mass is 10.0. The van der Waals surface area contributed by atoms with Crippen molar-refractivity contribution in [3.05, 3.63) is 60.2 Å². The molecule has 152 valence electrons. The molecule has 27 heavy (non-hydrogen) atoms. The number of benzene rings is 2. The van der Waals surface area contributed by atoms with E-state index in [2.05, 4.69) is 5.32 Å². The van der Waals surface area contributed by atoms with Gasteiger partial charge in [0, 0.05) is 6.04 Å². The minimum Gasteiger partial charge on any atom is -0.493 e. The van der Waals surface area contributed by atoms with Crippen molar-refractivity contribution in [2.45, 2.75) is 25.2 Å². The molecule has 0 aromatic heterocycles. The van der Waals surface area contributed by atoms with Crippen LogP contribution in [0.1, 0.15) is 18.6 Å². The van der Waals surface area contributed by atoms with Crippen molar-refractivity contribution < 1.29 is 24.8 Å². The summed E-state index contributed by atoms with van der Waals surface area (Å²) < 4.78 is 10.3. The van der Waals surface area contributed by atoms with Crippen LogP contribution in [-0.4, -0.2) is 54.8 Å². The summed E-state index contributed by atoms with van der Waals surface area (Å²) in [6.07, 6.45) is -1.28. The van der Waals surface area contributed by atoms with E-state index in [9.17, 15) is 5.11 Å². The molecular weight excluding hydrogens is 370 g/mol. The molecule has 2 aromatic rings. The van der Waals surface area contributed by atoms with Gasteiger partial charge in [0.15, 0.2) is 11.5 Å². The van der Waals surface area contributed by atoms with Gasteiger partial charge in [-0.15, -0.1) is 12.4 Å². The Balaban J connectivity index is 0.000000488. The Morgan fingerprint density at radius 2 is 1.52 bits per heavy atom. The first-order valence-corrected chi connectivity index (χ1v) is 8.48. The number of aliphatic hydroxyl groups is 3. The molecular formula is C20H30ClNO5. The van der Waals surface area contributed by atoms with Crippen LogP contribution in [0.15, 0.2) is 54.6 Å². The minimum atomic E-state index is -0.861. The number of ether oxygens (including phenoxy) is 2. The van der Waals surface area contributed by atoms with Crippen LogP contribution in [0.2, 0.25) is 0 Å². The van der Waals surface area contributed by atoms with E-state index in [1.807, 2.05) is 56.4 Å². The first kappa shape index (κ1) is 25.2. The molecule has 0 aliphatic heterocycles. The van der Waals surface area contributed by atoms with Crippen LogP contribution >= 0.6 is 12.4 Å². The van der Waals surface area contributed by atoms with E-state index in [0.29, 0.717) is 11.5 Å². The van der Waals surface area contributed by atoms with Gasteiger partial charge in [-0.2, -0.15) is 0 Å². The summed E-state index contributed by atoms with van der Waals surface area (Å²) in [5.74, 6) is 1.17. The van der Waals surface area contributed by atoms with Crippen molar-refractivity contribution in [3.8, 4) is 11.5 Å². The average Bonchev–Trinajstić information content (AvgIpc) is 2.72. The number of methoxy groups -OCH3 is 1. The van der Waals surface area contributed by atoms with E-state index in [-0.39, 0.29) is 31.7 Å². The van der Waals surface area contributed by atoms with E-state index in [1.165, 1.54) is 0 Å². The van der Waals surface area contributed by atoms with E-state index in [0.717, 1.165) is 5.56 Å². The van der Waals surface area contributed by atoms with E-state index >= 15 is 0 Å². The summed E-state index contributed by atoms with van der Waals surface area (Å²) in [6, 6.07) is 16.9. The van der Waals surface area contributed by atoms with Crippen LogP contribution in [0.4, 0.5) is 0 Å². The van der Waals surface area contributed by atoms with Gasteiger partial charge in [0.2, 0.25) is 0 Å². The number of hydrogen-bond donors (Lipinski definition) is 4. The maximum atomic E-state index is 9.73. The predicted octanol–water partition coefficient (Wildman–Crippen LogP) is 2.18. The second kappa shape index (κ2) is 14.3. The zero-order valence-corrected chi connectivity index (χ0v) is 16.7. The lowest BCUT2D eigenvalue weighted by Gasteiger charge is -2.17. The number of aliphatic hydroxyl groups excluding tert-OH is 3. The molecule has 3 atom stereocenters. The van der Waals surface area contributed by atoms with Gasteiger partial charge in [0.1, 0.15) is 12.7 Å². The zero-order valence-electron chi connectivity index (χ0n) is 15.9. The molecule has 0 radical (unpaired) electrons. The third-order valence-corrected chi connectivity index (χ3v) is 3.78. The van der Waals surface area contributed by atoms with Crippen molar-refractivity contribution in [1.82, 2.24) is 5.32 Å². The van der Waals surface area contributed by atoms with E-state index in [1.54, 1.807) is 19.2 Å². The Bertz CT molecular complexity index is 614. The maximum absolute atomic E-state index is 9.73. The Morgan fingerprint density at radius 1 is 0.963 bits per heavy atom. The molecule has 0 aliphatic carbocycles. The molecule has 1 unspecified atom stereocenters. The SMILES string of the molecule is CN[C@@H](C)[C@@H](O)c1ccccc1.COc1ccccc1OCC(O)CO.Cl. The second-order valence-corrected chi connectivity index (χ2v) is 5.73. The molecule has 0 heterocycles. The molecule has 0 saturated heterocycles. The molecule has 0 aliphatic rings. The number of halogens is 1. The lowest BCUT2D eigenvalue weighted by molar-refractivity contribution is 0.0527. The van der Waals surface area contributed by atoms with Gasteiger partial charge in [-0.1, -0.05) is 42.5 Å². The smallest absolute Gasteiger partial charge is 0.161 e. The third kappa shape index (κ3) is 9.08. The van der Waals surface area contributed by atoms with Crippen LogP contribution in [0, 0.1) is 0 Å². The number of nitrogens with one attached hydrogen (secondary N) is 1. The second-order valence-electron chi connectivity index (χ2n) is 5.73. The standard InChI is InChI=1S/C10H15NO.C10H14O4.ClH/c1-8(11-2)10(12)9-6-4-3-5-7-9;1-13-9-4-2-3-5-10(9)14-7-8(12)6-11;/h3-8,10-12H,1-2H3;2-5,8,11-12H,6-7H2,1H3;1H/t8-,10+;;/m0../s1. The quantitative estimate of drug-likeness (QED) is 0.544. The summed E-state index contributed by atoms with van der Waals surface area (Å²) in [5.41, 5.74) is 0.958. The van der Waals surface area contributed by atoms with Gasteiger partial charge in [-0.3, -0.25) is 0 Å². The number of para-hydroxylation sites is 2. The summed E-state index contributed by atoms with van der Waals surface area (Å²) in [4.78, 5) is 0. The number of likely N-dealkylation sites (N-methyl/N-ethyl adjacent to an activating group) is 1. The van der Waals surface area contributed by atoms with Crippen molar-refractivity contribution in [2.24, 2.45) is 0 Å². The molecule has 0 amide bonds. The van der Waals surface area contributed by atoms with Gasteiger partial charge >= 0.3 is 0 Å². The Labute approximate surface area is 167 Å². The Hall–Kier alpha value is -1.83. The van der Waals surface area contributed by atoms with Crippen LogP contribution < -0.4 is 14.8 Å². The first-order chi connectivity index (χ1) is 12.5. The van der Waals surface area contributed by atoms with Crippen molar-refractivity contribution in [3.63, 3.8) is 0 Å². The number of rotatable bonds is 8. The fraction of sp³-hybridized carbons (Fsp3) is 0.400. The molecule has 2 rings (SSSR count). The molecule has 0 fully saturated rings. The third-order valence-electron chi connectivity index (χ3n) is 3.78. The fourth-order valence-corrected chi connectivity index (χ4v) is 2.07. The summed E-state index contributed by atoms with van der Waals surface area (Å²) in [6.45, 7) is 1.70. The summed E-state index contributed by atoms with van der Waals surface area (Å²) in [5, 5.41) is 30.4. The molecule has 7 heteroatoms. The van der Waals surface area contributed by atoms with Gasteiger partial charge in [-0.05, 0) is 31.7 Å². The van der Waals surface area contributed by atoms with Gasteiger partial charge in [0.05, 0.1) is 19.8 Å². The fourth-order valence-electron chi connectivity index (χ4n) is 2.07. The highest BCUT2D eigenvalue weighted by Gasteiger charge is 2.13. The highest BCUT2D eigenvalue weighted by molar-refractivity contribution is 5.85. The minimum absolute atomic E-state index is 0. The summed E-state index contributed by atoms with van der Waals surface area (Å²) >= 11 is 0. The monoisotopic (exact) mass is 399 g/mol. The number of hydrogen-bond acceptors (Lipinski definition) is 6. The maximum Gasteiger partial charge on any atom is 0.161 e. The van der Waals surface area contributed by atoms with Crippen LogP contribution in [0.3, 0.4) is 0 Å². The summed E-state index contributed by atoms with van der Waals surface area (Å²) in [7, 11) is 3.39. The van der Waals surface area contributed by atoms with Crippen LogP contribution in [-0.2, 0) is 0 Å².